The third-order valence-electron chi connectivity index (χ3n) is 3.11. The summed E-state index contributed by atoms with van der Waals surface area (Å²) in [4.78, 5) is 12.0. The molecule has 0 amide bonds. The molecule has 0 saturated heterocycles. The molecule has 0 aliphatic rings. The third kappa shape index (κ3) is 4.46. The molecule has 0 aliphatic carbocycles. The SMILES string of the molecule is N#CCOc1ccc(/C=C/C(=O)c2ccccc2C(F)(F)F)cc1. The summed E-state index contributed by atoms with van der Waals surface area (Å²) in [6.07, 6.45) is -2.07. The van der Waals surface area contributed by atoms with Gasteiger partial charge in [-0.05, 0) is 29.8 Å². The zero-order valence-corrected chi connectivity index (χ0v) is 12.4. The molecule has 24 heavy (non-hydrogen) atoms. The number of rotatable bonds is 5. The Labute approximate surface area is 136 Å². The van der Waals surface area contributed by atoms with Crippen molar-refractivity contribution in [1.29, 1.82) is 5.26 Å². The number of ether oxygens (including phenoxy) is 1. The summed E-state index contributed by atoms with van der Waals surface area (Å²) >= 11 is 0. The van der Waals surface area contributed by atoms with Gasteiger partial charge in [0.05, 0.1) is 5.56 Å². The molecule has 0 bridgehead atoms. The van der Waals surface area contributed by atoms with Crippen LogP contribution in [0.5, 0.6) is 5.75 Å². The predicted molar refractivity (Wildman–Crippen MR) is 82.4 cm³/mol. The van der Waals surface area contributed by atoms with Crippen molar-refractivity contribution in [2.75, 3.05) is 6.61 Å². The molecule has 0 aromatic heterocycles. The minimum Gasteiger partial charge on any atom is -0.479 e. The number of allylic oxidation sites excluding steroid dienone is 1. The van der Waals surface area contributed by atoms with E-state index >= 15 is 0 Å². The second-order valence-electron chi connectivity index (χ2n) is 4.76. The lowest BCUT2D eigenvalue weighted by molar-refractivity contribution is -0.137. The molecular formula is C18H12F3NO2. The van der Waals surface area contributed by atoms with E-state index in [4.69, 9.17) is 10.00 Å². The fourth-order valence-corrected chi connectivity index (χ4v) is 2.00. The number of nitriles is 1. The quantitative estimate of drug-likeness (QED) is 0.598. The van der Waals surface area contributed by atoms with Crippen molar-refractivity contribution in [2.24, 2.45) is 0 Å². The molecule has 3 nitrogen and oxygen atoms in total. The van der Waals surface area contributed by atoms with Gasteiger partial charge in [0.2, 0.25) is 0 Å². The third-order valence-corrected chi connectivity index (χ3v) is 3.11. The van der Waals surface area contributed by atoms with E-state index in [-0.39, 0.29) is 6.61 Å². The Morgan fingerprint density at radius 3 is 2.42 bits per heavy atom. The fourth-order valence-electron chi connectivity index (χ4n) is 2.00. The Morgan fingerprint density at radius 1 is 1.12 bits per heavy atom. The van der Waals surface area contributed by atoms with E-state index in [1.54, 1.807) is 24.3 Å². The highest BCUT2D eigenvalue weighted by Gasteiger charge is 2.34. The first kappa shape index (κ1) is 17.3. The lowest BCUT2D eigenvalue weighted by atomic mass is 10.0. The lowest BCUT2D eigenvalue weighted by Gasteiger charge is -2.10. The van der Waals surface area contributed by atoms with E-state index in [2.05, 4.69) is 0 Å². The highest BCUT2D eigenvalue weighted by Crippen LogP contribution is 2.32. The Kier molecular flexibility index (Phi) is 5.38. The first-order valence-corrected chi connectivity index (χ1v) is 6.90. The van der Waals surface area contributed by atoms with E-state index in [0.717, 1.165) is 18.2 Å². The molecule has 0 aliphatic heterocycles. The molecule has 0 fully saturated rings. The monoisotopic (exact) mass is 331 g/mol. The number of alkyl halides is 3. The normalized spacial score (nSPS) is 11.2. The Hall–Kier alpha value is -3.07. The van der Waals surface area contributed by atoms with Gasteiger partial charge in [0.1, 0.15) is 11.8 Å². The second-order valence-corrected chi connectivity index (χ2v) is 4.76. The highest BCUT2D eigenvalue weighted by molar-refractivity contribution is 6.07. The van der Waals surface area contributed by atoms with Gasteiger partial charge < -0.3 is 4.74 Å². The van der Waals surface area contributed by atoms with Crippen molar-refractivity contribution in [3.05, 3.63) is 71.3 Å². The summed E-state index contributed by atoms with van der Waals surface area (Å²) in [5.41, 5.74) is -0.729. The Balaban J connectivity index is 2.15. The van der Waals surface area contributed by atoms with Crippen LogP contribution in [-0.4, -0.2) is 12.4 Å². The first-order chi connectivity index (χ1) is 11.4. The molecule has 0 atom stereocenters. The Bertz CT molecular complexity index is 787. The maximum absolute atomic E-state index is 12.9. The molecule has 122 valence electrons. The molecule has 0 N–H and O–H groups in total. The van der Waals surface area contributed by atoms with E-state index in [1.807, 2.05) is 6.07 Å². The van der Waals surface area contributed by atoms with Crippen molar-refractivity contribution in [1.82, 2.24) is 0 Å². The van der Waals surface area contributed by atoms with Crippen molar-refractivity contribution >= 4 is 11.9 Å². The van der Waals surface area contributed by atoms with Crippen molar-refractivity contribution in [3.8, 4) is 11.8 Å². The van der Waals surface area contributed by atoms with Gasteiger partial charge >= 0.3 is 6.18 Å². The lowest BCUT2D eigenvalue weighted by Crippen LogP contribution is -2.11. The number of nitrogens with zero attached hydrogens (tertiary/aromatic N) is 1. The molecule has 0 heterocycles. The molecule has 0 unspecified atom stereocenters. The van der Waals surface area contributed by atoms with Crippen LogP contribution in [0.4, 0.5) is 13.2 Å². The second kappa shape index (κ2) is 7.47. The number of carbonyl (C=O) groups is 1. The zero-order valence-electron chi connectivity index (χ0n) is 12.4. The topological polar surface area (TPSA) is 50.1 Å². The largest absolute Gasteiger partial charge is 0.479 e. The van der Waals surface area contributed by atoms with Gasteiger partial charge in [-0.2, -0.15) is 18.4 Å². The maximum atomic E-state index is 12.9. The van der Waals surface area contributed by atoms with E-state index in [0.29, 0.717) is 11.3 Å². The molecule has 0 spiro atoms. The van der Waals surface area contributed by atoms with Crippen LogP contribution in [-0.2, 0) is 6.18 Å². The summed E-state index contributed by atoms with van der Waals surface area (Å²) < 4.78 is 43.8. The predicted octanol–water partition coefficient (Wildman–Crippen LogP) is 4.50. The van der Waals surface area contributed by atoms with Crippen LogP contribution >= 0.6 is 0 Å². The maximum Gasteiger partial charge on any atom is 0.417 e. The molecule has 0 saturated carbocycles. The zero-order chi connectivity index (χ0) is 17.6. The van der Waals surface area contributed by atoms with Crippen LogP contribution in [0.25, 0.3) is 6.08 Å². The van der Waals surface area contributed by atoms with Crippen molar-refractivity contribution < 1.29 is 22.7 Å². The van der Waals surface area contributed by atoms with Crippen LogP contribution in [0.3, 0.4) is 0 Å². The van der Waals surface area contributed by atoms with E-state index in [1.165, 1.54) is 18.2 Å². The minimum atomic E-state index is -4.58. The van der Waals surface area contributed by atoms with Crippen LogP contribution in [0.1, 0.15) is 21.5 Å². The van der Waals surface area contributed by atoms with Gasteiger partial charge in [0.25, 0.3) is 0 Å². The van der Waals surface area contributed by atoms with Crippen LogP contribution in [0, 0.1) is 11.3 Å². The van der Waals surface area contributed by atoms with Gasteiger partial charge in [-0.25, -0.2) is 0 Å². The summed E-state index contributed by atoms with van der Waals surface area (Å²) in [5.74, 6) is -0.241. The summed E-state index contributed by atoms with van der Waals surface area (Å²) in [6, 6.07) is 13.0. The molecule has 2 aromatic rings. The van der Waals surface area contributed by atoms with E-state index < -0.39 is 23.1 Å². The molecule has 2 aromatic carbocycles. The number of hydrogen-bond acceptors (Lipinski definition) is 3. The van der Waals surface area contributed by atoms with E-state index in [9.17, 15) is 18.0 Å². The fraction of sp³-hybridized carbons (Fsp3) is 0.111. The smallest absolute Gasteiger partial charge is 0.417 e. The summed E-state index contributed by atoms with van der Waals surface area (Å²) in [5, 5.41) is 8.41. The standard InChI is InChI=1S/C18H12F3NO2/c19-18(20,21)16-4-2-1-3-15(16)17(23)10-7-13-5-8-14(9-6-13)24-12-11-22/h1-10H,12H2/b10-7+. The van der Waals surface area contributed by atoms with Gasteiger partial charge in [-0.1, -0.05) is 36.4 Å². The summed E-state index contributed by atoms with van der Waals surface area (Å²) in [7, 11) is 0. The number of carbonyl (C=O) groups excluding carboxylic acids is 1. The molecule has 6 heteroatoms. The van der Waals surface area contributed by atoms with Gasteiger partial charge in [-0.15, -0.1) is 0 Å². The average molecular weight is 331 g/mol. The molecule has 2 rings (SSSR count). The number of ketones is 1. The molecular weight excluding hydrogens is 319 g/mol. The van der Waals surface area contributed by atoms with Gasteiger partial charge in [0, 0.05) is 5.56 Å². The van der Waals surface area contributed by atoms with Crippen molar-refractivity contribution in [2.45, 2.75) is 6.18 Å². The number of hydrogen-bond donors (Lipinski definition) is 0. The number of benzene rings is 2. The minimum absolute atomic E-state index is 0.0815. The average Bonchev–Trinajstić information content (AvgIpc) is 2.58. The summed E-state index contributed by atoms with van der Waals surface area (Å²) in [6.45, 7) is -0.0815. The van der Waals surface area contributed by atoms with Crippen LogP contribution < -0.4 is 4.74 Å². The van der Waals surface area contributed by atoms with Crippen LogP contribution in [0.2, 0.25) is 0 Å². The van der Waals surface area contributed by atoms with Crippen LogP contribution in [0.15, 0.2) is 54.6 Å². The highest BCUT2D eigenvalue weighted by atomic mass is 19.4. The number of halogens is 3. The molecule has 0 radical (unpaired) electrons. The Morgan fingerprint density at radius 2 is 1.79 bits per heavy atom. The van der Waals surface area contributed by atoms with Crippen molar-refractivity contribution in [3.63, 3.8) is 0 Å². The first-order valence-electron chi connectivity index (χ1n) is 6.90. The van der Waals surface area contributed by atoms with Gasteiger partial charge in [-0.3, -0.25) is 4.79 Å². The van der Waals surface area contributed by atoms with Gasteiger partial charge in [0.15, 0.2) is 12.4 Å².